The van der Waals surface area contributed by atoms with E-state index in [4.69, 9.17) is 0 Å². The molecule has 0 aromatic rings. The zero-order chi connectivity index (χ0) is 12.8. The lowest BCUT2D eigenvalue weighted by atomic mass is 9.79. The fourth-order valence-corrected chi connectivity index (χ4v) is 3.92. The van der Waals surface area contributed by atoms with Gasteiger partial charge in [0, 0.05) is 26.2 Å². The summed E-state index contributed by atoms with van der Waals surface area (Å²) in [6.07, 6.45) is 9.60. The van der Waals surface area contributed by atoms with Crippen molar-refractivity contribution in [2.45, 2.75) is 44.9 Å². The highest BCUT2D eigenvalue weighted by atomic mass is 16.3. The van der Waals surface area contributed by atoms with Crippen molar-refractivity contribution in [3.63, 3.8) is 0 Å². The molecule has 3 nitrogen and oxygen atoms in total. The van der Waals surface area contributed by atoms with E-state index in [2.05, 4.69) is 17.3 Å². The maximum Gasteiger partial charge on any atom is 0.0471 e. The lowest BCUT2D eigenvalue weighted by molar-refractivity contribution is 0.139. The van der Waals surface area contributed by atoms with Gasteiger partial charge in [-0.1, -0.05) is 25.7 Å². The zero-order valence-corrected chi connectivity index (χ0v) is 12.0. The van der Waals surface area contributed by atoms with Gasteiger partial charge < -0.3 is 15.3 Å². The number of likely N-dealkylation sites (tertiary alicyclic amines) is 1. The Morgan fingerprint density at radius 1 is 1.22 bits per heavy atom. The number of aliphatic hydroxyl groups is 1. The van der Waals surface area contributed by atoms with E-state index in [-0.39, 0.29) is 0 Å². The van der Waals surface area contributed by atoms with Gasteiger partial charge in [0.05, 0.1) is 0 Å². The lowest BCUT2D eigenvalue weighted by Crippen LogP contribution is -2.42. The third kappa shape index (κ3) is 3.69. The molecular formula is C15H30N2O. The monoisotopic (exact) mass is 254 g/mol. The Kier molecular flexibility index (Phi) is 5.46. The van der Waals surface area contributed by atoms with E-state index in [0.717, 1.165) is 13.1 Å². The topological polar surface area (TPSA) is 35.5 Å². The fourth-order valence-electron chi connectivity index (χ4n) is 3.92. The molecule has 2 aliphatic rings. The Labute approximate surface area is 112 Å². The molecule has 0 amide bonds. The van der Waals surface area contributed by atoms with Crippen LogP contribution >= 0.6 is 0 Å². The van der Waals surface area contributed by atoms with Crippen LogP contribution in [0.15, 0.2) is 0 Å². The van der Waals surface area contributed by atoms with Gasteiger partial charge in [0.1, 0.15) is 0 Å². The molecule has 106 valence electrons. The van der Waals surface area contributed by atoms with Crippen molar-refractivity contribution < 1.29 is 5.11 Å². The van der Waals surface area contributed by atoms with E-state index in [1.807, 2.05) is 0 Å². The molecular weight excluding hydrogens is 224 g/mol. The van der Waals surface area contributed by atoms with E-state index in [0.29, 0.717) is 17.9 Å². The van der Waals surface area contributed by atoms with Gasteiger partial charge >= 0.3 is 0 Å². The number of hydrogen-bond acceptors (Lipinski definition) is 3. The highest BCUT2D eigenvalue weighted by Gasteiger charge is 2.34. The molecule has 3 heteroatoms. The van der Waals surface area contributed by atoms with Crippen molar-refractivity contribution in [3.8, 4) is 0 Å². The first-order valence-corrected chi connectivity index (χ1v) is 7.76. The molecule has 0 bridgehead atoms. The highest BCUT2D eigenvalue weighted by molar-refractivity contribution is 4.89. The Hall–Kier alpha value is -0.120. The summed E-state index contributed by atoms with van der Waals surface area (Å²) in [5.74, 6) is 0.530. The van der Waals surface area contributed by atoms with Gasteiger partial charge in [-0.15, -0.1) is 0 Å². The van der Waals surface area contributed by atoms with Crippen LogP contribution in [0.2, 0.25) is 0 Å². The van der Waals surface area contributed by atoms with E-state index >= 15 is 0 Å². The summed E-state index contributed by atoms with van der Waals surface area (Å²) in [7, 11) is 2.09. The molecule has 2 N–H and O–H groups in total. The van der Waals surface area contributed by atoms with Crippen LogP contribution in [0.1, 0.15) is 44.9 Å². The minimum Gasteiger partial charge on any atom is -0.396 e. The van der Waals surface area contributed by atoms with Crippen LogP contribution in [-0.4, -0.2) is 49.8 Å². The van der Waals surface area contributed by atoms with Crippen molar-refractivity contribution in [2.75, 3.05) is 39.8 Å². The number of aliphatic hydroxyl groups excluding tert-OH is 1. The highest BCUT2D eigenvalue weighted by Crippen LogP contribution is 2.36. The van der Waals surface area contributed by atoms with Crippen molar-refractivity contribution in [1.82, 2.24) is 10.2 Å². The second kappa shape index (κ2) is 6.88. The smallest absolute Gasteiger partial charge is 0.0471 e. The van der Waals surface area contributed by atoms with E-state index in [9.17, 15) is 5.11 Å². The van der Waals surface area contributed by atoms with Crippen molar-refractivity contribution in [3.05, 3.63) is 0 Å². The Bertz CT molecular complexity index is 237. The zero-order valence-electron chi connectivity index (χ0n) is 12.0. The van der Waals surface area contributed by atoms with Gasteiger partial charge in [-0.05, 0) is 44.2 Å². The molecule has 1 saturated heterocycles. The summed E-state index contributed by atoms with van der Waals surface area (Å²) in [5, 5.41) is 12.7. The van der Waals surface area contributed by atoms with Crippen LogP contribution in [0.25, 0.3) is 0 Å². The third-order valence-electron chi connectivity index (χ3n) is 4.90. The summed E-state index contributed by atoms with van der Waals surface area (Å²) in [4.78, 5) is 2.60. The standard InChI is InChI=1S/C15H30N2O/c1-16-12-15(7-4-2-3-5-8-15)13-17-9-6-14(10-17)11-18/h14,16,18H,2-13H2,1H3. The minimum absolute atomic E-state index is 0.371. The quantitative estimate of drug-likeness (QED) is 0.735. The Morgan fingerprint density at radius 2 is 1.94 bits per heavy atom. The third-order valence-corrected chi connectivity index (χ3v) is 4.90. The molecule has 1 aliphatic heterocycles. The summed E-state index contributed by atoms with van der Waals surface area (Å²) < 4.78 is 0. The van der Waals surface area contributed by atoms with Gasteiger partial charge in [0.25, 0.3) is 0 Å². The SMILES string of the molecule is CNCC1(CN2CCC(CO)C2)CCCCCC1. The first kappa shape index (κ1) is 14.3. The second-order valence-electron chi connectivity index (χ2n) is 6.52. The predicted octanol–water partition coefficient (Wildman–Crippen LogP) is 1.86. The molecule has 0 aromatic heterocycles. The molecule has 0 spiro atoms. The maximum atomic E-state index is 9.26. The first-order chi connectivity index (χ1) is 8.78. The number of hydrogen-bond donors (Lipinski definition) is 2. The summed E-state index contributed by atoms with van der Waals surface area (Å²) in [5.41, 5.74) is 0.496. The Morgan fingerprint density at radius 3 is 2.50 bits per heavy atom. The van der Waals surface area contributed by atoms with Crippen molar-refractivity contribution >= 4 is 0 Å². The van der Waals surface area contributed by atoms with Crippen molar-refractivity contribution in [2.24, 2.45) is 11.3 Å². The fraction of sp³-hybridized carbons (Fsp3) is 1.00. The molecule has 2 rings (SSSR count). The molecule has 0 radical (unpaired) electrons. The molecule has 1 unspecified atom stereocenters. The molecule has 18 heavy (non-hydrogen) atoms. The average molecular weight is 254 g/mol. The van der Waals surface area contributed by atoms with Gasteiger partial charge in [-0.2, -0.15) is 0 Å². The summed E-state index contributed by atoms with van der Waals surface area (Å²) in [6.45, 7) is 5.08. The largest absolute Gasteiger partial charge is 0.396 e. The van der Waals surface area contributed by atoms with Crippen LogP contribution < -0.4 is 5.32 Å². The molecule has 1 atom stereocenters. The van der Waals surface area contributed by atoms with Gasteiger partial charge in [0.15, 0.2) is 0 Å². The molecule has 0 aromatic carbocycles. The predicted molar refractivity (Wildman–Crippen MR) is 75.7 cm³/mol. The maximum absolute atomic E-state index is 9.26. The van der Waals surface area contributed by atoms with Gasteiger partial charge in [0.2, 0.25) is 0 Å². The van der Waals surface area contributed by atoms with E-state index in [1.54, 1.807) is 0 Å². The van der Waals surface area contributed by atoms with Crippen LogP contribution in [0.4, 0.5) is 0 Å². The summed E-state index contributed by atoms with van der Waals surface area (Å²) in [6, 6.07) is 0. The Balaban J connectivity index is 1.92. The van der Waals surface area contributed by atoms with E-state index in [1.165, 1.54) is 58.0 Å². The van der Waals surface area contributed by atoms with Gasteiger partial charge in [-0.3, -0.25) is 0 Å². The van der Waals surface area contributed by atoms with Crippen molar-refractivity contribution in [1.29, 1.82) is 0 Å². The number of rotatable bonds is 5. The average Bonchev–Trinajstić information content (AvgIpc) is 2.69. The number of nitrogens with one attached hydrogen (secondary N) is 1. The van der Waals surface area contributed by atoms with Crippen LogP contribution in [0, 0.1) is 11.3 Å². The van der Waals surface area contributed by atoms with Crippen LogP contribution in [0.5, 0.6) is 0 Å². The molecule has 1 aliphatic carbocycles. The normalized spacial score (nSPS) is 29.3. The van der Waals surface area contributed by atoms with Crippen LogP contribution in [0.3, 0.4) is 0 Å². The van der Waals surface area contributed by atoms with Crippen LogP contribution in [-0.2, 0) is 0 Å². The summed E-state index contributed by atoms with van der Waals surface area (Å²) >= 11 is 0. The minimum atomic E-state index is 0.371. The first-order valence-electron chi connectivity index (χ1n) is 7.76. The lowest BCUT2D eigenvalue weighted by Gasteiger charge is -2.36. The molecule has 1 heterocycles. The molecule has 2 fully saturated rings. The number of nitrogens with zero attached hydrogens (tertiary/aromatic N) is 1. The van der Waals surface area contributed by atoms with E-state index < -0.39 is 0 Å². The van der Waals surface area contributed by atoms with Gasteiger partial charge in [-0.25, -0.2) is 0 Å². The molecule has 1 saturated carbocycles. The second-order valence-corrected chi connectivity index (χ2v) is 6.52.